The highest BCUT2D eigenvalue weighted by Gasteiger charge is 2.51. The monoisotopic (exact) mass is 387 g/mol. The average molecular weight is 387 g/mol. The first kappa shape index (κ1) is 21.3. The van der Waals surface area contributed by atoms with Crippen LogP contribution in [0.15, 0.2) is 30.3 Å². The van der Waals surface area contributed by atoms with Crippen molar-refractivity contribution in [1.29, 1.82) is 0 Å². The maximum atomic E-state index is 12.8. The van der Waals surface area contributed by atoms with E-state index in [0.29, 0.717) is 13.2 Å². The van der Waals surface area contributed by atoms with Gasteiger partial charge in [0.2, 0.25) is 0 Å². The average Bonchev–Trinajstić information content (AvgIpc) is 3.11. The predicted octanol–water partition coefficient (Wildman–Crippen LogP) is 3.83. The van der Waals surface area contributed by atoms with E-state index in [9.17, 15) is 4.79 Å². The Morgan fingerprint density at radius 2 is 1.79 bits per heavy atom. The van der Waals surface area contributed by atoms with Gasteiger partial charge >= 0.3 is 13.1 Å². The van der Waals surface area contributed by atoms with Crippen LogP contribution in [0.2, 0.25) is 6.32 Å². The minimum atomic E-state index is -0.481. The molecule has 0 spiro atoms. The van der Waals surface area contributed by atoms with Crippen LogP contribution in [0, 0.1) is 11.3 Å². The van der Waals surface area contributed by atoms with Crippen LogP contribution in [0.25, 0.3) is 0 Å². The molecule has 2 heterocycles. The lowest BCUT2D eigenvalue weighted by atomic mass is 9.74. The van der Waals surface area contributed by atoms with Crippen molar-refractivity contribution in [2.24, 2.45) is 11.3 Å². The molecule has 1 aromatic rings. The van der Waals surface area contributed by atoms with E-state index in [1.807, 2.05) is 37.3 Å². The Hall–Kier alpha value is -1.37. The van der Waals surface area contributed by atoms with Crippen LogP contribution >= 0.6 is 0 Å². The van der Waals surface area contributed by atoms with Crippen LogP contribution in [0.5, 0.6) is 0 Å². The lowest BCUT2D eigenvalue weighted by molar-refractivity contribution is -0.157. The quantitative estimate of drug-likeness (QED) is 0.569. The van der Waals surface area contributed by atoms with E-state index in [1.165, 1.54) is 0 Å². The number of nitrogens with one attached hydrogen (secondary N) is 1. The Labute approximate surface area is 169 Å². The Balaban J connectivity index is 1.49. The van der Waals surface area contributed by atoms with Crippen LogP contribution < -0.4 is 5.32 Å². The number of benzene rings is 1. The van der Waals surface area contributed by atoms with Crippen molar-refractivity contribution < 1.29 is 18.8 Å². The van der Waals surface area contributed by atoms with Crippen molar-refractivity contribution in [3.63, 3.8) is 0 Å². The van der Waals surface area contributed by atoms with Crippen molar-refractivity contribution in [3.8, 4) is 0 Å². The third-order valence-corrected chi connectivity index (χ3v) is 6.76. The lowest BCUT2D eigenvalue weighted by Crippen LogP contribution is -2.41. The first-order valence-electron chi connectivity index (χ1n) is 10.4. The Morgan fingerprint density at radius 1 is 1.14 bits per heavy atom. The second kappa shape index (κ2) is 8.17. The highest BCUT2D eigenvalue weighted by atomic mass is 16.7. The molecule has 2 saturated heterocycles. The fraction of sp³-hybridized carbons (Fsp3) is 0.682. The number of hydrogen-bond donors (Lipinski definition) is 1. The molecule has 0 unspecified atom stereocenters. The zero-order valence-corrected chi connectivity index (χ0v) is 17.9. The van der Waals surface area contributed by atoms with E-state index >= 15 is 0 Å². The molecular formula is C22H34BNO4. The van der Waals surface area contributed by atoms with Crippen LogP contribution in [-0.2, 0) is 25.4 Å². The third-order valence-electron chi connectivity index (χ3n) is 6.76. The van der Waals surface area contributed by atoms with Gasteiger partial charge in [-0.15, -0.1) is 0 Å². The lowest BCUT2D eigenvalue weighted by Gasteiger charge is -2.32. The fourth-order valence-electron chi connectivity index (χ4n) is 4.04. The molecule has 0 bridgehead atoms. The smallest absolute Gasteiger partial charge is 0.457 e. The van der Waals surface area contributed by atoms with Gasteiger partial charge in [-0.2, -0.15) is 0 Å². The van der Waals surface area contributed by atoms with Crippen molar-refractivity contribution in [1.82, 2.24) is 5.32 Å². The molecule has 0 amide bonds. The summed E-state index contributed by atoms with van der Waals surface area (Å²) in [5.41, 5.74) is -0.0437. The molecular weight excluding hydrogens is 353 g/mol. The standard InChI is InChI=1S/C22H34BNO4/c1-20(2)21(3,4)28-23(27-20)13-9-12-18-14-24-16-22(18,5)19(25)26-15-17-10-7-6-8-11-17/h6-8,10-11,18,24H,9,12-16H2,1-5H3/t18-,22+/m0/s1. The molecule has 1 aromatic carbocycles. The van der Waals surface area contributed by atoms with Crippen LogP contribution in [0.1, 0.15) is 53.0 Å². The molecule has 0 aliphatic carbocycles. The van der Waals surface area contributed by atoms with Crippen LogP contribution in [0.4, 0.5) is 0 Å². The van der Waals surface area contributed by atoms with Gasteiger partial charge in [0.1, 0.15) is 6.61 Å². The first-order chi connectivity index (χ1) is 13.1. The Bertz CT molecular complexity index is 662. The molecule has 2 atom stereocenters. The number of carbonyl (C=O) groups is 1. The van der Waals surface area contributed by atoms with Gasteiger partial charge in [0.15, 0.2) is 0 Å². The summed E-state index contributed by atoms with van der Waals surface area (Å²) in [7, 11) is -0.171. The summed E-state index contributed by atoms with van der Waals surface area (Å²) in [6.07, 6.45) is 2.76. The minimum Gasteiger partial charge on any atom is -0.460 e. The number of esters is 1. The van der Waals surface area contributed by atoms with Gasteiger partial charge in [-0.05, 0) is 65.4 Å². The summed E-state index contributed by atoms with van der Waals surface area (Å²) >= 11 is 0. The van der Waals surface area contributed by atoms with E-state index in [4.69, 9.17) is 14.0 Å². The highest BCUT2D eigenvalue weighted by Crippen LogP contribution is 2.40. The Kier molecular flexibility index (Phi) is 6.23. The molecule has 0 aromatic heterocycles. The molecule has 0 radical (unpaired) electrons. The van der Waals surface area contributed by atoms with Gasteiger partial charge in [-0.1, -0.05) is 36.8 Å². The zero-order valence-electron chi connectivity index (χ0n) is 17.9. The van der Waals surface area contributed by atoms with Gasteiger partial charge in [0.25, 0.3) is 0 Å². The number of hydrogen-bond acceptors (Lipinski definition) is 5. The molecule has 28 heavy (non-hydrogen) atoms. The SMILES string of the molecule is CC1(C)OB(CCC[C@H]2CNC[C@@]2(C)C(=O)OCc2ccccc2)OC1(C)C. The molecule has 2 aliphatic heterocycles. The van der Waals surface area contributed by atoms with Gasteiger partial charge < -0.3 is 19.4 Å². The van der Waals surface area contributed by atoms with Crippen molar-refractivity contribution >= 4 is 13.1 Å². The second-order valence-electron chi connectivity index (χ2n) is 9.42. The van der Waals surface area contributed by atoms with Gasteiger partial charge in [-0.25, -0.2) is 0 Å². The first-order valence-corrected chi connectivity index (χ1v) is 10.4. The van der Waals surface area contributed by atoms with Crippen molar-refractivity contribution in [2.45, 2.75) is 71.6 Å². The number of ether oxygens (including phenoxy) is 1. The molecule has 2 aliphatic rings. The highest BCUT2D eigenvalue weighted by molar-refractivity contribution is 6.45. The van der Waals surface area contributed by atoms with Gasteiger partial charge in [0, 0.05) is 6.54 Å². The molecule has 2 fully saturated rings. The molecule has 5 nitrogen and oxygen atoms in total. The largest absolute Gasteiger partial charge is 0.460 e. The van der Waals surface area contributed by atoms with E-state index in [1.54, 1.807) is 0 Å². The summed E-state index contributed by atoms with van der Waals surface area (Å²) in [6, 6.07) is 9.83. The molecule has 0 saturated carbocycles. The van der Waals surface area contributed by atoms with Crippen LogP contribution in [-0.4, -0.2) is 37.4 Å². The van der Waals surface area contributed by atoms with Gasteiger partial charge in [0.05, 0.1) is 16.6 Å². The van der Waals surface area contributed by atoms with E-state index in [-0.39, 0.29) is 30.2 Å². The molecule has 3 rings (SSSR count). The molecule has 1 N–H and O–H groups in total. The van der Waals surface area contributed by atoms with E-state index < -0.39 is 5.41 Å². The normalized spacial score (nSPS) is 28.5. The molecule has 6 heteroatoms. The summed E-state index contributed by atoms with van der Waals surface area (Å²) < 4.78 is 17.8. The maximum absolute atomic E-state index is 12.8. The summed E-state index contributed by atoms with van der Waals surface area (Å²) in [6.45, 7) is 12.2. The summed E-state index contributed by atoms with van der Waals surface area (Å²) in [5, 5.41) is 3.38. The van der Waals surface area contributed by atoms with E-state index in [0.717, 1.165) is 31.3 Å². The maximum Gasteiger partial charge on any atom is 0.457 e. The second-order valence-corrected chi connectivity index (χ2v) is 9.42. The minimum absolute atomic E-state index is 0.109. The number of rotatable bonds is 7. The predicted molar refractivity (Wildman–Crippen MR) is 111 cm³/mol. The third kappa shape index (κ3) is 4.45. The van der Waals surface area contributed by atoms with Crippen LogP contribution in [0.3, 0.4) is 0 Å². The van der Waals surface area contributed by atoms with Gasteiger partial charge in [-0.3, -0.25) is 4.79 Å². The summed E-state index contributed by atoms with van der Waals surface area (Å²) in [5.74, 6) is 0.153. The summed E-state index contributed by atoms with van der Waals surface area (Å²) in [4.78, 5) is 12.8. The zero-order chi connectivity index (χ0) is 20.4. The topological polar surface area (TPSA) is 56.8 Å². The number of carbonyl (C=O) groups excluding carboxylic acids is 1. The van der Waals surface area contributed by atoms with E-state index in [2.05, 4.69) is 33.0 Å². The van der Waals surface area contributed by atoms with Crippen molar-refractivity contribution in [2.75, 3.05) is 13.1 Å². The fourth-order valence-corrected chi connectivity index (χ4v) is 4.04. The molecule has 154 valence electrons. The Morgan fingerprint density at radius 3 is 2.43 bits per heavy atom. The van der Waals surface area contributed by atoms with Crippen molar-refractivity contribution in [3.05, 3.63) is 35.9 Å².